The molecule has 0 radical (unpaired) electrons. The molecule has 0 fully saturated rings. The van der Waals surface area contributed by atoms with Crippen molar-refractivity contribution in [2.75, 3.05) is 13.7 Å². The molecular weight excluding hydrogens is 216 g/mol. The summed E-state index contributed by atoms with van der Waals surface area (Å²) in [6.07, 6.45) is 0.320. The zero-order valence-electron chi connectivity index (χ0n) is 11.1. The van der Waals surface area contributed by atoms with Gasteiger partial charge in [0.05, 0.1) is 19.8 Å². The van der Waals surface area contributed by atoms with Crippen LogP contribution in [0.3, 0.4) is 0 Å². The summed E-state index contributed by atoms with van der Waals surface area (Å²) in [6, 6.07) is 5.82. The van der Waals surface area contributed by atoms with E-state index in [0.29, 0.717) is 13.0 Å². The Hall–Kier alpha value is -1.22. The summed E-state index contributed by atoms with van der Waals surface area (Å²) in [7, 11) is 1.63. The third kappa shape index (κ3) is 4.27. The molecule has 0 aromatic heterocycles. The Morgan fingerprint density at radius 1 is 1.24 bits per heavy atom. The summed E-state index contributed by atoms with van der Waals surface area (Å²) in [5, 5.41) is 9.66. The molecule has 1 aromatic carbocycles. The summed E-state index contributed by atoms with van der Waals surface area (Å²) in [5.74, 6) is 1.73. The number of methoxy groups -OCH3 is 1. The molecule has 96 valence electrons. The van der Waals surface area contributed by atoms with Gasteiger partial charge in [-0.3, -0.25) is 0 Å². The van der Waals surface area contributed by atoms with E-state index in [-0.39, 0.29) is 12.0 Å². The van der Waals surface area contributed by atoms with Crippen LogP contribution in [0.4, 0.5) is 0 Å². The lowest BCUT2D eigenvalue weighted by molar-refractivity contribution is 0.0970. The molecule has 0 saturated carbocycles. The predicted molar refractivity (Wildman–Crippen MR) is 68.7 cm³/mol. The van der Waals surface area contributed by atoms with Crippen LogP contribution in [0.2, 0.25) is 0 Å². The number of rotatable bonds is 6. The summed E-state index contributed by atoms with van der Waals surface area (Å²) >= 11 is 0. The van der Waals surface area contributed by atoms with Crippen LogP contribution in [0.5, 0.6) is 11.5 Å². The molecule has 3 nitrogen and oxygen atoms in total. The molecule has 0 saturated heterocycles. The molecule has 1 rings (SSSR count). The average molecular weight is 238 g/mol. The van der Waals surface area contributed by atoms with Gasteiger partial charge < -0.3 is 14.6 Å². The molecule has 0 heterocycles. The number of aryl methyl sites for hydroxylation is 1. The Morgan fingerprint density at radius 3 is 2.53 bits per heavy atom. The topological polar surface area (TPSA) is 38.7 Å². The number of aliphatic hydroxyl groups excluding tert-OH is 1. The number of hydrogen-bond donors (Lipinski definition) is 1. The van der Waals surface area contributed by atoms with Crippen molar-refractivity contribution in [3.8, 4) is 11.5 Å². The highest BCUT2D eigenvalue weighted by atomic mass is 16.5. The van der Waals surface area contributed by atoms with Crippen molar-refractivity contribution < 1.29 is 14.6 Å². The van der Waals surface area contributed by atoms with Gasteiger partial charge in [-0.1, -0.05) is 19.9 Å². The second kappa shape index (κ2) is 6.50. The maximum absolute atomic E-state index is 9.66. The first-order valence-electron chi connectivity index (χ1n) is 6.00. The fourth-order valence-electron chi connectivity index (χ4n) is 1.52. The monoisotopic (exact) mass is 238 g/mol. The molecule has 17 heavy (non-hydrogen) atoms. The van der Waals surface area contributed by atoms with Crippen LogP contribution in [0, 0.1) is 12.8 Å². The fourth-order valence-corrected chi connectivity index (χ4v) is 1.52. The van der Waals surface area contributed by atoms with E-state index in [1.165, 1.54) is 0 Å². The Labute approximate surface area is 103 Å². The van der Waals surface area contributed by atoms with Crippen LogP contribution in [-0.2, 0) is 0 Å². The third-order valence-electron chi connectivity index (χ3n) is 2.76. The van der Waals surface area contributed by atoms with Crippen molar-refractivity contribution >= 4 is 0 Å². The minimum Gasteiger partial charge on any atom is -0.493 e. The second-order valence-corrected chi connectivity index (χ2v) is 4.60. The zero-order chi connectivity index (χ0) is 12.8. The van der Waals surface area contributed by atoms with E-state index in [1.54, 1.807) is 7.11 Å². The minimum atomic E-state index is -0.313. The normalized spacial score (nSPS) is 12.6. The summed E-state index contributed by atoms with van der Waals surface area (Å²) in [5.41, 5.74) is 1.14. The molecule has 0 aliphatic carbocycles. The Balaban J connectivity index is 2.52. The van der Waals surface area contributed by atoms with Gasteiger partial charge in [0.1, 0.15) is 0 Å². The first kappa shape index (κ1) is 13.8. The van der Waals surface area contributed by atoms with E-state index in [4.69, 9.17) is 9.47 Å². The minimum absolute atomic E-state index is 0.263. The Bertz CT molecular complexity index is 347. The van der Waals surface area contributed by atoms with Crippen molar-refractivity contribution in [3.05, 3.63) is 23.8 Å². The molecule has 0 aliphatic rings. The van der Waals surface area contributed by atoms with Crippen LogP contribution in [0.25, 0.3) is 0 Å². The molecule has 3 heteroatoms. The van der Waals surface area contributed by atoms with E-state index >= 15 is 0 Å². The zero-order valence-corrected chi connectivity index (χ0v) is 11.1. The van der Waals surface area contributed by atoms with Gasteiger partial charge in [-0.05, 0) is 30.5 Å². The van der Waals surface area contributed by atoms with E-state index in [0.717, 1.165) is 17.1 Å². The van der Waals surface area contributed by atoms with Gasteiger partial charge in [-0.15, -0.1) is 0 Å². The van der Waals surface area contributed by atoms with Gasteiger partial charge in [0.25, 0.3) is 0 Å². The molecule has 0 bridgehead atoms. The number of benzene rings is 1. The summed E-state index contributed by atoms with van der Waals surface area (Å²) in [4.78, 5) is 0. The van der Waals surface area contributed by atoms with Crippen LogP contribution in [0.1, 0.15) is 25.8 Å². The maximum atomic E-state index is 9.66. The number of aliphatic hydroxyl groups is 1. The van der Waals surface area contributed by atoms with Gasteiger partial charge in [0.2, 0.25) is 0 Å². The first-order valence-corrected chi connectivity index (χ1v) is 6.00. The van der Waals surface area contributed by atoms with Gasteiger partial charge >= 0.3 is 0 Å². The van der Waals surface area contributed by atoms with Crippen LogP contribution in [0.15, 0.2) is 18.2 Å². The molecule has 0 aliphatic heterocycles. The van der Waals surface area contributed by atoms with E-state index in [9.17, 15) is 5.11 Å². The van der Waals surface area contributed by atoms with Crippen LogP contribution in [-0.4, -0.2) is 24.9 Å². The number of ether oxygens (including phenoxy) is 2. The van der Waals surface area contributed by atoms with Gasteiger partial charge in [0, 0.05) is 6.42 Å². The molecule has 1 aromatic rings. The number of hydrogen-bond acceptors (Lipinski definition) is 3. The highest BCUT2D eigenvalue weighted by molar-refractivity contribution is 5.42. The molecule has 1 atom stereocenters. The molecule has 1 unspecified atom stereocenters. The van der Waals surface area contributed by atoms with Gasteiger partial charge in [-0.2, -0.15) is 0 Å². The smallest absolute Gasteiger partial charge is 0.161 e. The molecular formula is C14H22O3. The summed E-state index contributed by atoms with van der Waals surface area (Å²) < 4.78 is 10.9. The average Bonchev–Trinajstić information content (AvgIpc) is 2.30. The SMILES string of the molecule is COc1cc(C)ccc1OCCC(O)C(C)C. The van der Waals surface area contributed by atoms with Gasteiger partial charge in [0.15, 0.2) is 11.5 Å². The third-order valence-corrected chi connectivity index (χ3v) is 2.76. The lowest BCUT2D eigenvalue weighted by atomic mass is 10.1. The van der Waals surface area contributed by atoms with E-state index in [1.807, 2.05) is 39.0 Å². The van der Waals surface area contributed by atoms with E-state index < -0.39 is 0 Å². The highest BCUT2D eigenvalue weighted by Gasteiger charge is 2.10. The van der Waals surface area contributed by atoms with Crippen LogP contribution >= 0.6 is 0 Å². The predicted octanol–water partition coefficient (Wildman–Crippen LogP) is 2.79. The highest BCUT2D eigenvalue weighted by Crippen LogP contribution is 2.27. The van der Waals surface area contributed by atoms with Gasteiger partial charge in [-0.25, -0.2) is 0 Å². The lowest BCUT2D eigenvalue weighted by Crippen LogP contribution is -2.18. The van der Waals surface area contributed by atoms with Crippen molar-refractivity contribution in [3.63, 3.8) is 0 Å². The fraction of sp³-hybridized carbons (Fsp3) is 0.571. The van der Waals surface area contributed by atoms with Crippen molar-refractivity contribution in [2.45, 2.75) is 33.3 Å². The molecule has 0 spiro atoms. The van der Waals surface area contributed by atoms with Crippen molar-refractivity contribution in [1.29, 1.82) is 0 Å². The lowest BCUT2D eigenvalue weighted by Gasteiger charge is -2.16. The Morgan fingerprint density at radius 2 is 1.94 bits per heavy atom. The molecule has 1 N–H and O–H groups in total. The second-order valence-electron chi connectivity index (χ2n) is 4.60. The van der Waals surface area contributed by atoms with Crippen molar-refractivity contribution in [1.82, 2.24) is 0 Å². The van der Waals surface area contributed by atoms with Crippen LogP contribution < -0.4 is 9.47 Å². The first-order chi connectivity index (χ1) is 8.04. The standard InChI is InChI=1S/C14H22O3/c1-10(2)12(15)7-8-17-13-6-5-11(3)9-14(13)16-4/h5-6,9-10,12,15H,7-8H2,1-4H3. The quantitative estimate of drug-likeness (QED) is 0.828. The Kier molecular flexibility index (Phi) is 5.29. The molecule has 0 amide bonds. The maximum Gasteiger partial charge on any atom is 0.161 e. The summed E-state index contributed by atoms with van der Waals surface area (Å²) in [6.45, 7) is 6.50. The van der Waals surface area contributed by atoms with E-state index in [2.05, 4.69) is 0 Å². The largest absolute Gasteiger partial charge is 0.493 e. The van der Waals surface area contributed by atoms with Crippen molar-refractivity contribution in [2.24, 2.45) is 5.92 Å².